The molecular formula is C36H36FNO5. The third-order valence-electron chi connectivity index (χ3n) is 7.29. The molecule has 3 aromatic rings. The van der Waals surface area contributed by atoms with Gasteiger partial charge in [-0.15, -0.1) is 0 Å². The Morgan fingerprint density at radius 3 is 2.00 bits per heavy atom. The van der Waals surface area contributed by atoms with Crippen molar-refractivity contribution >= 4 is 35.2 Å². The van der Waals surface area contributed by atoms with Crippen molar-refractivity contribution in [1.82, 2.24) is 5.32 Å². The van der Waals surface area contributed by atoms with Gasteiger partial charge in [0.1, 0.15) is 11.6 Å². The lowest BCUT2D eigenvalue weighted by atomic mass is 10.0. The van der Waals surface area contributed by atoms with Gasteiger partial charge in [-0.3, -0.25) is 24.5 Å². The maximum absolute atomic E-state index is 13.0. The number of carbonyl (C=O) groups is 4. The van der Waals surface area contributed by atoms with Crippen LogP contribution >= 0.6 is 0 Å². The van der Waals surface area contributed by atoms with Crippen LogP contribution in [0.4, 0.5) is 4.39 Å². The van der Waals surface area contributed by atoms with Crippen LogP contribution in [0.2, 0.25) is 0 Å². The Bertz CT molecular complexity index is 1470. The van der Waals surface area contributed by atoms with Crippen LogP contribution in [0.3, 0.4) is 0 Å². The van der Waals surface area contributed by atoms with E-state index in [0.29, 0.717) is 23.3 Å². The van der Waals surface area contributed by atoms with Crippen molar-refractivity contribution in [2.45, 2.75) is 64.2 Å². The van der Waals surface area contributed by atoms with Crippen LogP contribution in [-0.2, 0) is 20.8 Å². The average Bonchev–Trinajstić information content (AvgIpc) is 3.35. The largest absolute Gasteiger partial charge is 0.427 e. The van der Waals surface area contributed by atoms with Crippen LogP contribution < -0.4 is 10.1 Å². The fraction of sp³-hybridized carbons (Fsp3) is 0.278. The number of allylic oxidation sites excluding steroid dienone is 1. The second kappa shape index (κ2) is 16.1. The van der Waals surface area contributed by atoms with E-state index >= 15 is 0 Å². The van der Waals surface area contributed by atoms with Gasteiger partial charge in [0, 0.05) is 18.1 Å². The van der Waals surface area contributed by atoms with Crippen molar-refractivity contribution < 1.29 is 28.3 Å². The molecule has 0 atom stereocenters. The van der Waals surface area contributed by atoms with Crippen molar-refractivity contribution in [3.8, 4) is 5.75 Å². The molecule has 0 fully saturated rings. The van der Waals surface area contributed by atoms with E-state index in [1.54, 1.807) is 30.3 Å². The summed E-state index contributed by atoms with van der Waals surface area (Å²) in [5.41, 5.74) is 3.61. The van der Waals surface area contributed by atoms with Crippen molar-refractivity contribution in [3.63, 3.8) is 0 Å². The molecule has 43 heavy (non-hydrogen) atoms. The van der Waals surface area contributed by atoms with Gasteiger partial charge in [0.05, 0.1) is 5.57 Å². The lowest BCUT2D eigenvalue weighted by Gasteiger charge is -2.06. The first-order valence-corrected chi connectivity index (χ1v) is 14.8. The van der Waals surface area contributed by atoms with Crippen LogP contribution in [0.1, 0.15) is 84.8 Å². The van der Waals surface area contributed by atoms with Gasteiger partial charge in [0.15, 0.2) is 5.78 Å². The standard InChI is InChI=1S/C36H36FNO5/c37-30-20-18-29(19-21-30)33(39)24-15-27-13-22-31(23-14-27)43-35(41)10-8-6-4-2-1-3-5-7-9-26-11-16-28(17-12-26)32-25-34(40)38-36(32)42/h11-25H,1-10H2,(H,38,40,42). The Hall–Kier alpha value is -4.65. The molecule has 1 aliphatic heterocycles. The first kappa shape index (κ1) is 31.3. The SMILES string of the molecule is O=C1C=C(c2ccc(CCCCCCCCCCC(=O)Oc3ccc(C=CC(=O)c4ccc(F)cc4)cc3)cc2)C(=O)N1. The summed E-state index contributed by atoms with van der Waals surface area (Å²) in [5.74, 6) is -1.09. The number of halogens is 1. The minimum atomic E-state index is -0.386. The number of unbranched alkanes of at least 4 members (excludes halogenated alkanes) is 7. The molecule has 0 unspecified atom stereocenters. The average molecular weight is 582 g/mol. The highest BCUT2D eigenvalue weighted by atomic mass is 19.1. The Morgan fingerprint density at radius 1 is 0.744 bits per heavy atom. The maximum Gasteiger partial charge on any atom is 0.311 e. The third kappa shape index (κ3) is 10.3. The van der Waals surface area contributed by atoms with E-state index in [4.69, 9.17) is 4.74 Å². The molecule has 7 heteroatoms. The number of ketones is 1. The van der Waals surface area contributed by atoms with E-state index in [1.165, 1.54) is 54.8 Å². The topological polar surface area (TPSA) is 89.5 Å². The number of hydrogen-bond acceptors (Lipinski definition) is 5. The van der Waals surface area contributed by atoms with E-state index in [9.17, 15) is 23.6 Å². The zero-order chi connectivity index (χ0) is 30.4. The number of rotatable bonds is 16. The Labute approximate surface area is 251 Å². The maximum atomic E-state index is 13.0. The summed E-state index contributed by atoms with van der Waals surface area (Å²) in [6, 6.07) is 20.2. The lowest BCUT2D eigenvalue weighted by molar-refractivity contribution is -0.134. The molecule has 0 spiro atoms. The second-order valence-corrected chi connectivity index (χ2v) is 10.6. The smallest absolute Gasteiger partial charge is 0.311 e. The summed E-state index contributed by atoms with van der Waals surface area (Å²) in [7, 11) is 0. The monoisotopic (exact) mass is 581 g/mol. The Kier molecular flexibility index (Phi) is 11.7. The van der Waals surface area contributed by atoms with Crippen molar-refractivity contribution in [2.75, 3.05) is 0 Å². The number of aryl methyl sites for hydroxylation is 1. The summed E-state index contributed by atoms with van der Waals surface area (Å²) in [6.45, 7) is 0. The highest BCUT2D eigenvalue weighted by Crippen LogP contribution is 2.20. The van der Waals surface area contributed by atoms with Gasteiger partial charge in [-0.2, -0.15) is 0 Å². The molecule has 0 saturated heterocycles. The number of hydrogen-bond donors (Lipinski definition) is 1. The van der Waals surface area contributed by atoms with E-state index < -0.39 is 0 Å². The van der Waals surface area contributed by atoms with E-state index in [-0.39, 0.29) is 29.4 Å². The molecule has 0 aromatic heterocycles. The molecule has 3 aromatic carbocycles. The fourth-order valence-electron chi connectivity index (χ4n) is 4.85. The summed E-state index contributed by atoms with van der Waals surface area (Å²) in [4.78, 5) is 47.5. The number of benzene rings is 3. The van der Waals surface area contributed by atoms with Crippen molar-refractivity contribution in [3.05, 3.63) is 113 Å². The molecule has 4 rings (SSSR count). The molecule has 1 heterocycles. The van der Waals surface area contributed by atoms with Gasteiger partial charge in [-0.25, -0.2) is 4.39 Å². The van der Waals surface area contributed by atoms with E-state index in [2.05, 4.69) is 5.32 Å². The molecule has 0 radical (unpaired) electrons. The summed E-state index contributed by atoms with van der Waals surface area (Å²) >= 11 is 0. The first-order valence-electron chi connectivity index (χ1n) is 14.8. The zero-order valence-corrected chi connectivity index (χ0v) is 24.2. The molecule has 222 valence electrons. The van der Waals surface area contributed by atoms with Crippen LogP contribution in [0, 0.1) is 5.82 Å². The predicted molar refractivity (Wildman–Crippen MR) is 165 cm³/mol. The highest BCUT2D eigenvalue weighted by Gasteiger charge is 2.21. The van der Waals surface area contributed by atoms with Gasteiger partial charge in [0.2, 0.25) is 0 Å². The van der Waals surface area contributed by atoms with Gasteiger partial charge < -0.3 is 4.74 Å². The summed E-state index contributed by atoms with van der Waals surface area (Å²) in [6.07, 6.45) is 14.5. The van der Waals surface area contributed by atoms with Gasteiger partial charge in [0.25, 0.3) is 11.8 Å². The van der Waals surface area contributed by atoms with Gasteiger partial charge in [-0.1, -0.05) is 81.0 Å². The fourth-order valence-corrected chi connectivity index (χ4v) is 4.85. The van der Waals surface area contributed by atoms with Crippen LogP contribution in [0.25, 0.3) is 11.6 Å². The summed E-state index contributed by atoms with van der Waals surface area (Å²) < 4.78 is 18.4. The molecule has 1 N–H and O–H groups in total. The molecule has 2 amide bonds. The number of nitrogens with one attached hydrogen (secondary N) is 1. The lowest BCUT2D eigenvalue weighted by Crippen LogP contribution is -2.21. The third-order valence-corrected chi connectivity index (χ3v) is 7.29. The predicted octanol–water partition coefficient (Wildman–Crippen LogP) is 7.42. The molecule has 0 saturated carbocycles. The van der Waals surface area contributed by atoms with Crippen LogP contribution in [-0.4, -0.2) is 23.6 Å². The zero-order valence-electron chi connectivity index (χ0n) is 24.2. The van der Waals surface area contributed by atoms with Crippen LogP contribution in [0.5, 0.6) is 5.75 Å². The number of amides is 2. The van der Waals surface area contributed by atoms with Crippen molar-refractivity contribution in [2.24, 2.45) is 0 Å². The van der Waals surface area contributed by atoms with Gasteiger partial charge >= 0.3 is 5.97 Å². The Balaban J connectivity index is 1.01. The molecule has 0 aliphatic carbocycles. The van der Waals surface area contributed by atoms with Crippen LogP contribution in [0.15, 0.2) is 84.9 Å². The number of ether oxygens (including phenoxy) is 1. The molecule has 0 bridgehead atoms. The van der Waals surface area contributed by atoms with Crippen molar-refractivity contribution in [1.29, 1.82) is 0 Å². The Morgan fingerprint density at radius 2 is 1.37 bits per heavy atom. The minimum Gasteiger partial charge on any atom is -0.427 e. The number of esters is 1. The number of imide groups is 1. The normalized spacial score (nSPS) is 12.8. The highest BCUT2D eigenvalue weighted by molar-refractivity contribution is 6.33. The number of carbonyl (C=O) groups excluding carboxylic acids is 4. The molecular weight excluding hydrogens is 545 g/mol. The molecule has 1 aliphatic rings. The first-order chi connectivity index (χ1) is 20.9. The molecule has 6 nitrogen and oxygen atoms in total. The minimum absolute atomic E-state index is 0.217. The van der Waals surface area contributed by atoms with Gasteiger partial charge in [-0.05, 0) is 78.4 Å². The quantitative estimate of drug-likeness (QED) is 0.0475. The van der Waals surface area contributed by atoms with E-state index in [1.807, 2.05) is 24.3 Å². The second-order valence-electron chi connectivity index (χ2n) is 10.6. The summed E-state index contributed by atoms with van der Waals surface area (Å²) in [5, 5.41) is 2.27. The van der Waals surface area contributed by atoms with E-state index in [0.717, 1.165) is 56.1 Å².